The van der Waals surface area contributed by atoms with E-state index in [1.54, 1.807) is 0 Å². The summed E-state index contributed by atoms with van der Waals surface area (Å²) in [5, 5.41) is 1.12. The molecule has 19 heavy (non-hydrogen) atoms. The van der Waals surface area contributed by atoms with E-state index < -0.39 is 0 Å². The summed E-state index contributed by atoms with van der Waals surface area (Å²) in [7, 11) is 2.05. The summed E-state index contributed by atoms with van der Waals surface area (Å²) >= 11 is 0. The molecular formula is C15H22N2O2. The Hall–Kier alpha value is -1.36. The molecular weight excluding hydrogens is 240 g/mol. The lowest BCUT2D eigenvalue weighted by Gasteiger charge is -2.24. The summed E-state index contributed by atoms with van der Waals surface area (Å²) < 4.78 is 11.3. The normalized spacial score (nSPS) is 13.3. The molecule has 1 atom stereocenters. The van der Waals surface area contributed by atoms with E-state index in [2.05, 4.69) is 17.0 Å². The lowest BCUT2D eigenvalue weighted by atomic mass is 10.2. The molecule has 0 aliphatic rings. The minimum atomic E-state index is 0.0906. The molecule has 0 aliphatic heterocycles. The number of ether oxygens (including phenoxy) is 1. The van der Waals surface area contributed by atoms with Gasteiger partial charge in [0.1, 0.15) is 11.3 Å². The zero-order chi connectivity index (χ0) is 13.7. The monoisotopic (exact) mass is 262 g/mol. The van der Waals surface area contributed by atoms with E-state index in [9.17, 15) is 0 Å². The van der Waals surface area contributed by atoms with Crippen molar-refractivity contribution in [3.8, 4) is 0 Å². The van der Waals surface area contributed by atoms with E-state index >= 15 is 0 Å². The number of benzene rings is 1. The van der Waals surface area contributed by atoms with Crippen molar-refractivity contribution < 1.29 is 9.15 Å². The Kier molecular flexibility index (Phi) is 4.96. The van der Waals surface area contributed by atoms with Crippen LogP contribution in [-0.2, 0) is 4.74 Å². The molecule has 1 heterocycles. The fraction of sp³-hybridized carbons (Fsp3) is 0.467. The van der Waals surface area contributed by atoms with Crippen LogP contribution in [0, 0.1) is 0 Å². The summed E-state index contributed by atoms with van der Waals surface area (Å²) in [5.41, 5.74) is 6.80. The zero-order valence-corrected chi connectivity index (χ0v) is 11.6. The average Bonchev–Trinajstić information content (AvgIpc) is 2.83. The van der Waals surface area contributed by atoms with Crippen molar-refractivity contribution in [1.82, 2.24) is 4.90 Å². The van der Waals surface area contributed by atoms with E-state index in [-0.39, 0.29) is 6.04 Å². The second-order valence-electron chi connectivity index (χ2n) is 4.62. The standard InChI is InChI=1S/C15H22N2O2/c1-3-18-9-8-17(2)13(11-16)15-10-12-6-4-5-7-14(12)19-15/h4-7,10,13H,3,8-9,11,16H2,1-2H3. The number of hydrogen-bond donors (Lipinski definition) is 1. The van der Waals surface area contributed by atoms with Gasteiger partial charge in [0.25, 0.3) is 0 Å². The van der Waals surface area contributed by atoms with Crippen LogP contribution in [0.15, 0.2) is 34.7 Å². The fourth-order valence-corrected chi connectivity index (χ4v) is 2.19. The average molecular weight is 262 g/mol. The predicted octanol–water partition coefficient (Wildman–Crippen LogP) is 2.40. The van der Waals surface area contributed by atoms with Crippen molar-refractivity contribution in [3.63, 3.8) is 0 Å². The van der Waals surface area contributed by atoms with Crippen LogP contribution in [0.4, 0.5) is 0 Å². The molecule has 2 N–H and O–H groups in total. The first-order valence-electron chi connectivity index (χ1n) is 6.72. The minimum absolute atomic E-state index is 0.0906. The molecule has 4 heteroatoms. The maximum absolute atomic E-state index is 5.89. The van der Waals surface area contributed by atoms with Crippen LogP contribution in [-0.4, -0.2) is 38.3 Å². The first-order chi connectivity index (χ1) is 9.26. The highest BCUT2D eigenvalue weighted by atomic mass is 16.5. The third-order valence-corrected chi connectivity index (χ3v) is 3.32. The molecule has 0 bridgehead atoms. The van der Waals surface area contributed by atoms with Crippen molar-refractivity contribution >= 4 is 11.0 Å². The van der Waals surface area contributed by atoms with Gasteiger partial charge in [0.05, 0.1) is 12.6 Å². The summed E-state index contributed by atoms with van der Waals surface area (Å²) in [6.07, 6.45) is 0. The summed E-state index contributed by atoms with van der Waals surface area (Å²) in [6, 6.07) is 10.2. The lowest BCUT2D eigenvalue weighted by molar-refractivity contribution is 0.104. The first-order valence-corrected chi connectivity index (χ1v) is 6.72. The van der Waals surface area contributed by atoms with Gasteiger partial charge in [-0.2, -0.15) is 0 Å². The lowest BCUT2D eigenvalue weighted by Crippen LogP contribution is -2.32. The molecule has 1 aromatic heterocycles. The maximum atomic E-state index is 5.89. The van der Waals surface area contributed by atoms with Gasteiger partial charge in [0, 0.05) is 25.1 Å². The number of para-hydroxylation sites is 1. The van der Waals surface area contributed by atoms with E-state index in [1.807, 2.05) is 32.2 Å². The highest BCUT2D eigenvalue weighted by molar-refractivity contribution is 5.77. The quantitative estimate of drug-likeness (QED) is 0.778. The molecule has 0 fully saturated rings. The molecule has 0 amide bonds. The number of fused-ring (bicyclic) bond motifs is 1. The molecule has 104 valence electrons. The Morgan fingerprint density at radius 1 is 1.37 bits per heavy atom. The number of rotatable bonds is 7. The predicted molar refractivity (Wildman–Crippen MR) is 77.1 cm³/mol. The number of nitrogens with zero attached hydrogens (tertiary/aromatic N) is 1. The van der Waals surface area contributed by atoms with Crippen LogP contribution in [0.2, 0.25) is 0 Å². The van der Waals surface area contributed by atoms with E-state index in [0.717, 1.165) is 29.9 Å². The fourth-order valence-electron chi connectivity index (χ4n) is 2.19. The Balaban J connectivity index is 2.11. The molecule has 2 aromatic rings. The van der Waals surface area contributed by atoms with Gasteiger partial charge in [-0.15, -0.1) is 0 Å². The number of furan rings is 1. The maximum Gasteiger partial charge on any atom is 0.134 e. The smallest absolute Gasteiger partial charge is 0.134 e. The Bertz CT molecular complexity index is 477. The van der Waals surface area contributed by atoms with Crippen molar-refractivity contribution in [2.24, 2.45) is 5.73 Å². The van der Waals surface area contributed by atoms with Gasteiger partial charge in [0.2, 0.25) is 0 Å². The van der Waals surface area contributed by atoms with Gasteiger partial charge in [-0.3, -0.25) is 4.90 Å². The van der Waals surface area contributed by atoms with Crippen LogP contribution >= 0.6 is 0 Å². The van der Waals surface area contributed by atoms with Gasteiger partial charge in [-0.1, -0.05) is 18.2 Å². The largest absolute Gasteiger partial charge is 0.459 e. The summed E-state index contributed by atoms with van der Waals surface area (Å²) in [5.74, 6) is 0.919. The van der Waals surface area contributed by atoms with Crippen LogP contribution in [0.3, 0.4) is 0 Å². The number of likely N-dealkylation sites (N-methyl/N-ethyl adjacent to an activating group) is 1. The van der Waals surface area contributed by atoms with Gasteiger partial charge in [-0.05, 0) is 26.1 Å². The van der Waals surface area contributed by atoms with Crippen molar-refractivity contribution in [2.75, 3.05) is 33.4 Å². The van der Waals surface area contributed by atoms with Crippen molar-refractivity contribution in [3.05, 3.63) is 36.1 Å². The molecule has 0 spiro atoms. The van der Waals surface area contributed by atoms with Crippen LogP contribution in [0.25, 0.3) is 11.0 Å². The molecule has 2 rings (SSSR count). The SMILES string of the molecule is CCOCCN(C)C(CN)c1cc2ccccc2o1. The topological polar surface area (TPSA) is 51.6 Å². The molecule has 0 saturated heterocycles. The van der Waals surface area contributed by atoms with E-state index in [0.29, 0.717) is 13.2 Å². The third kappa shape index (κ3) is 3.35. The van der Waals surface area contributed by atoms with Gasteiger partial charge in [-0.25, -0.2) is 0 Å². The first kappa shape index (κ1) is 14.1. The molecule has 1 aromatic carbocycles. The van der Waals surface area contributed by atoms with Crippen LogP contribution < -0.4 is 5.73 Å². The highest BCUT2D eigenvalue weighted by Gasteiger charge is 2.19. The molecule has 0 radical (unpaired) electrons. The minimum Gasteiger partial charge on any atom is -0.459 e. The van der Waals surface area contributed by atoms with Gasteiger partial charge >= 0.3 is 0 Å². The Morgan fingerprint density at radius 2 is 2.16 bits per heavy atom. The van der Waals surface area contributed by atoms with Crippen molar-refractivity contribution in [1.29, 1.82) is 0 Å². The highest BCUT2D eigenvalue weighted by Crippen LogP contribution is 2.26. The van der Waals surface area contributed by atoms with E-state index in [1.165, 1.54) is 0 Å². The van der Waals surface area contributed by atoms with E-state index in [4.69, 9.17) is 14.9 Å². The Morgan fingerprint density at radius 3 is 2.84 bits per heavy atom. The molecule has 0 saturated carbocycles. The second-order valence-corrected chi connectivity index (χ2v) is 4.62. The summed E-state index contributed by atoms with van der Waals surface area (Å²) in [4.78, 5) is 2.17. The second kappa shape index (κ2) is 6.70. The number of nitrogens with two attached hydrogens (primary N) is 1. The third-order valence-electron chi connectivity index (χ3n) is 3.32. The van der Waals surface area contributed by atoms with Gasteiger partial charge in [0.15, 0.2) is 0 Å². The summed E-state index contributed by atoms with van der Waals surface area (Å²) in [6.45, 7) is 4.82. The molecule has 1 unspecified atom stereocenters. The van der Waals surface area contributed by atoms with Crippen LogP contribution in [0.5, 0.6) is 0 Å². The Labute approximate surface area is 114 Å². The van der Waals surface area contributed by atoms with Gasteiger partial charge < -0.3 is 14.9 Å². The van der Waals surface area contributed by atoms with Crippen molar-refractivity contribution in [2.45, 2.75) is 13.0 Å². The zero-order valence-electron chi connectivity index (χ0n) is 11.6. The number of hydrogen-bond acceptors (Lipinski definition) is 4. The molecule has 4 nitrogen and oxygen atoms in total. The van der Waals surface area contributed by atoms with Crippen LogP contribution in [0.1, 0.15) is 18.7 Å². The molecule has 0 aliphatic carbocycles.